The number of nitrogens with zero attached hydrogens (tertiary/aromatic N) is 1. The second-order valence-corrected chi connectivity index (χ2v) is 7.63. The Balaban J connectivity index is 1.73. The van der Waals surface area contributed by atoms with E-state index < -0.39 is 0 Å². The van der Waals surface area contributed by atoms with Gasteiger partial charge in [-0.1, -0.05) is 26.0 Å². The van der Waals surface area contributed by atoms with Gasteiger partial charge < -0.3 is 10.1 Å². The Morgan fingerprint density at radius 3 is 2.77 bits per heavy atom. The van der Waals surface area contributed by atoms with Gasteiger partial charge in [0.15, 0.2) is 0 Å². The Morgan fingerprint density at radius 2 is 2.09 bits per heavy atom. The topological polar surface area (TPSA) is 24.5 Å². The van der Waals surface area contributed by atoms with E-state index >= 15 is 0 Å². The van der Waals surface area contributed by atoms with E-state index in [2.05, 4.69) is 42.3 Å². The molecule has 1 spiro atoms. The van der Waals surface area contributed by atoms with E-state index in [-0.39, 0.29) is 5.60 Å². The van der Waals surface area contributed by atoms with Crippen molar-refractivity contribution in [2.75, 3.05) is 26.2 Å². The summed E-state index contributed by atoms with van der Waals surface area (Å²) in [5.74, 6) is 1.71. The Kier molecular flexibility index (Phi) is 3.66. The van der Waals surface area contributed by atoms with Crippen LogP contribution in [0.5, 0.6) is 5.75 Å². The first kappa shape index (κ1) is 14.5. The standard InChI is InChI=1S/C19H28N2O/c1-14(2)15-5-6-18-16(11-15)17(21-9-3-4-10-21)12-19(22-18)7-8-20-13-19/h5-6,11,14,17,20H,3-4,7-10,12-13H2,1-2H3. The van der Waals surface area contributed by atoms with Gasteiger partial charge in [-0.2, -0.15) is 0 Å². The number of rotatable bonds is 2. The molecule has 1 N–H and O–H groups in total. The molecule has 0 aromatic heterocycles. The van der Waals surface area contributed by atoms with Crippen LogP contribution in [0.3, 0.4) is 0 Å². The number of benzene rings is 1. The number of hydrogen-bond acceptors (Lipinski definition) is 3. The zero-order valence-electron chi connectivity index (χ0n) is 13.9. The van der Waals surface area contributed by atoms with Crippen molar-refractivity contribution in [2.45, 2.75) is 57.1 Å². The zero-order chi connectivity index (χ0) is 15.2. The highest BCUT2D eigenvalue weighted by molar-refractivity contribution is 5.43. The molecule has 2 saturated heterocycles. The minimum absolute atomic E-state index is 0.0274. The first-order valence-corrected chi connectivity index (χ1v) is 8.95. The number of hydrogen-bond donors (Lipinski definition) is 1. The summed E-state index contributed by atoms with van der Waals surface area (Å²) in [5, 5.41) is 3.51. The quantitative estimate of drug-likeness (QED) is 0.905. The molecule has 0 radical (unpaired) electrons. The number of ether oxygens (including phenoxy) is 1. The Bertz CT molecular complexity index is 542. The van der Waals surface area contributed by atoms with E-state index in [0.29, 0.717) is 12.0 Å². The van der Waals surface area contributed by atoms with Crippen LogP contribution in [0, 0.1) is 0 Å². The fourth-order valence-corrected chi connectivity index (χ4v) is 4.38. The zero-order valence-corrected chi connectivity index (χ0v) is 13.9. The van der Waals surface area contributed by atoms with Crippen LogP contribution < -0.4 is 10.1 Å². The van der Waals surface area contributed by atoms with Gasteiger partial charge in [0.05, 0.1) is 0 Å². The second kappa shape index (κ2) is 5.54. The molecule has 22 heavy (non-hydrogen) atoms. The highest BCUT2D eigenvalue weighted by Gasteiger charge is 2.45. The van der Waals surface area contributed by atoms with E-state index in [0.717, 1.165) is 31.7 Å². The van der Waals surface area contributed by atoms with Gasteiger partial charge in [-0.3, -0.25) is 4.90 Å². The highest BCUT2D eigenvalue weighted by Crippen LogP contribution is 2.46. The average molecular weight is 300 g/mol. The summed E-state index contributed by atoms with van der Waals surface area (Å²) in [6.07, 6.45) is 4.99. The van der Waals surface area contributed by atoms with Crippen LogP contribution in [-0.2, 0) is 0 Å². The average Bonchev–Trinajstić information content (AvgIpc) is 3.18. The van der Waals surface area contributed by atoms with Crippen molar-refractivity contribution >= 4 is 0 Å². The third-order valence-corrected chi connectivity index (χ3v) is 5.74. The van der Waals surface area contributed by atoms with Gasteiger partial charge in [0.2, 0.25) is 0 Å². The number of fused-ring (bicyclic) bond motifs is 1. The molecule has 0 aliphatic carbocycles. The van der Waals surface area contributed by atoms with Gasteiger partial charge in [0.25, 0.3) is 0 Å². The molecule has 3 heteroatoms. The van der Waals surface area contributed by atoms with Crippen LogP contribution in [0.15, 0.2) is 18.2 Å². The summed E-state index contributed by atoms with van der Waals surface area (Å²) in [4.78, 5) is 2.70. The fraction of sp³-hybridized carbons (Fsp3) is 0.684. The van der Waals surface area contributed by atoms with E-state index in [1.165, 1.54) is 37.1 Å². The Labute approximate surface area is 134 Å². The van der Waals surface area contributed by atoms with E-state index in [4.69, 9.17) is 4.74 Å². The minimum Gasteiger partial charge on any atom is -0.485 e. The predicted molar refractivity (Wildman–Crippen MR) is 89.5 cm³/mol. The van der Waals surface area contributed by atoms with Crippen LogP contribution in [0.2, 0.25) is 0 Å². The van der Waals surface area contributed by atoms with Crippen molar-refractivity contribution in [3.63, 3.8) is 0 Å². The van der Waals surface area contributed by atoms with Gasteiger partial charge in [-0.15, -0.1) is 0 Å². The molecule has 0 amide bonds. The van der Waals surface area contributed by atoms with Crippen LogP contribution >= 0.6 is 0 Å². The second-order valence-electron chi connectivity index (χ2n) is 7.63. The lowest BCUT2D eigenvalue weighted by atomic mass is 9.84. The van der Waals surface area contributed by atoms with Crippen molar-refractivity contribution in [3.05, 3.63) is 29.3 Å². The fourth-order valence-electron chi connectivity index (χ4n) is 4.38. The monoisotopic (exact) mass is 300 g/mol. The summed E-state index contributed by atoms with van der Waals surface area (Å²) in [6, 6.07) is 7.45. The molecule has 4 rings (SSSR count). The third-order valence-electron chi connectivity index (χ3n) is 5.74. The summed E-state index contributed by atoms with van der Waals surface area (Å²) >= 11 is 0. The van der Waals surface area contributed by atoms with Crippen molar-refractivity contribution in [1.82, 2.24) is 10.2 Å². The molecule has 1 aromatic rings. The van der Waals surface area contributed by atoms with Gasteiger partial charge >= 0.3 is 0 Å². The summed E-state index contributed by atoms with van der Waals surface area (Å²) < 4.78 is 6.52. The van der Waals surface area contributed by atoms with Crippen LogP contribution in [0.4, 0.5) is 0 Å². The van der Waals surface area contributed by atoms with Gasteiger partial charge in [-0.05, 0) is 50.0 Å². The Morgan fingerprint density at radius 1 is 1.27 bits per heavy atom. The van der Waals surface area contributed by atoms with Crippen molar-refractivity contribution < 1.29 is 4.74 Å². The number of likely N-dealkylation sites (tertiary alicyclic amines) is 1. The van der Waals surface area contributed by atoms with E-state index in [1.807, 2.05) is 0 Å². The first-order chi connectivity index (χ1) is 10.7. The molecule has 3 nitrogen and oxygen atoms in total. The van der Waals surface area contributed by atoms with E-state index in [1.54, 1.807) is 0 Å². The van der Waals surface area contributed by atoms with Crippen LogP contribution in [0.25, 0.3) is 0 Å². The lowest BCUT2D eigenvalue weighted by Crippen LogP contribution is -2.46. The number of nitrogens with one attached hydrogen (secondary N) is 1. The van der Waals surface area contributed by atoms with Crippen molar-refractivity contribution in [2.24, 2.45) is 0 Å². The molecule has 1 aromatic carbocycles. The maximum Gasteiger partial charge on any atom is 0.125 e. The SMILES string of the molecule is CC(C)c1ccc2c(c1)C(N1CCCC1)CC1(CCNC1)O2. The molecule has 2 atom stereocenters. The molecule has 3 heterocycles. The molecule has 2 unspecified atom stereocenters. The van der Waals surface area contributed by atoms with E-state index in [9.17, 15) is 0 Å². The molecule has 3 aliphatic rings. The normalized spacial score (nSPS) is 31.7. The maximum absolute atomic E-state index is 6.52. The van der Waals surface area contributed by atoms with Crippen LogP contribution in [0.1, 0.15) is 62.6 Å². The molecule has 0 bridgehead atoms. The summed E-state index contributed by atoms with van der Waals surface area (Å²) in [7, 11) is 0. The molecule has 0 saturated carbocycles. The lowest BCUT2D eigenvalue weighted by molar-refractivity contribution is 0.0227. The predicted octanol–water partition coefficient (Wildman–Crippen LogP) is 3.46. The van der Waals surface area contributed by atoms with Gasteiger partial charge in [0, 0.05) is 31.0 Å². The van der Waals surface area contributed by atoms with Gasteiger partial charge in [0.1, 0.15) is 11.4 Å². The Hall–Kier alpha value is -1.06. The van der Waals surface area contributed by atoms with Gasteiger partial charge in [-0.25, -0.2) is 0 Å². The summed E-state index contributed by atoms with van der Waals surface area (Å²) in [6.45, 7) is 9.14. The first-order valence-electron chi connectivity index (χ1n) is 8.95. The smallest absolute Gasteiger partial charge is 0.125 e. The van der Waals surface area contributed by atoms with Crippen molar-refractivity contribution in [1.29, 1.82) is 0 Å². The largest absolute Gasteiger partial charge is 0.485 e. The minimum atomic E-state index is 0.0274. The molecule has 3 aliphatic heterocycles. The maximum atomic E-state index is 6.52. The van der Waals surface area contributed by atoms with Crippen LogP contribution in [-0.4, -0.2) is 36.7 Å². The highest BCUT2D eigenvalue weighted by atomic mass is 16.5. The molecular weight excluding hydrogens is 272 g/mol. The molecule has 120 valence electrons. The molecule has 2 fully saturated rings. The van der Waals surface area contributed by atoms with Crippen molar-refractivity contribution in [3.8, 4) is 5.75 Å². The summed E-state index contributed by atoms with van der Waals surface area (Å²) in [5.41, 5.74) is 2.90. The third kappa shape index (κ3) is 2.44. The molecular formula is C19H28N2O. The lowest BCUT2D eigenvalue weighted by Gasteiger charge is -2.43.